The molecule has 1 unspecified atom stereocenters. The highest BCUT2D eigenvalue weighted by Gasteiger charge is 2.51. The number of benzene rings is 1. The molecule has 0 aliphatic carbocycles. The molecule has 45 heavy (non-hydrogen) atoms. The van der Waals surface area contributed by atoms with Crippen molar-refractivity contribution in [2.45, 2.75) is 91.0 Å². The molecule has 1 aromatic carbocycles. The van der Waals surface area contributed by atoms with Crippen molar-refractivity contribution in [2.24, 2.45) is 5.92 Å². The molecule has 5 heterocycles. The molecule has 1 amide bonds. The maximum atomic E-state index is 14.0. The number of carbonyl (C=O) groups is 3. The van der Waals surface area contributed by atoms with Crippen LogP contribution >= 0.6 is 0 Å². The Labute approximate surface area is 263 Å². The molecular weight excluding hydrogens is 573 g/mol. The summed E-state index contributed by atoms with van der Waals surface area (Å²) in [7, 11) is 5.91. The van der Waals surface area contributed by atoms with Gasteiger partial charge in [-0.15, -0.1) is 0 Å². The van der Waals surface area contributed by atoms with Crippen LogP contribution in [-0.4, -0.2) is 59.0 Å². The molecule has 10 nitrogen and oxygen atoms in total. The third kappa shape index (κ3) is 5.19. The molecule has 11 heteroatoms. The van der Waals surface area contributed by atoms with Crippen molar-refractivity contribution in [3.05, 3.63) is 62.4 Å². The fourth-order valence-electron chi connectivity index (χ4n) is 6.78. The average molecular weight is 612 g/mol. The molecule has 0 N–H and O–H groups in total. The normalized spacial score (nSPS) is 19.5. The van der Waals surface area contributed by atoms with Gasteiger partial charge in [-0.3, -0.25) is 9.59 Å². The highest BCUT2D eigenvalue weighted by Crippen LogP contribution is 2.43. The van der Waals surface area contributed by atoms with Crippen LogP contribution in [0.25, 0.3) is 22.3 Å². The highest BCUT2D eigenvalue weighted by atomic mass is 16.6. The standard InChI is InChI=1S/C34H38BN3O7/c1-6-21-22-14-19(16-35)8-9-26(22)36-28-23(21)17-38-27(28)15-25-24(29(38)39)18-43-31(41)34(25,7-2)44-30(40)20-10-12-37(13-11-20)32(42)45-33(3,4)5/h8-9,14-15,20H,6-7,10-13,16-18H2,1-5H3. The number of rotatable bonds is 5. The Balaban J connectivity index is 1.35. The van der Waals surface area contributed by atoms with Crippen LogP contribution in [-0.2, 0) is 55.3 Å². The average Bonchev–Trinajstić information content (AvgIpc) is 3.38. The Morgan fingerprint density at radius 3 is 2.49 bits per heavy atom. The van der Waals surface area contributed by atoms with Crippen molar-refractivity contribution in [3.8, 4) is 11.4 Å². The van der Waals surface area contributed by atoms with Crippen LogP contribution in [0.2, 0.25) is 0 Å². The predicted octanol–water partition coefficient (Wildman–Crippen LogP) is 4.51. The number of piperidine rings is 1. The van der Waals surface area contributed by atoms with E-state index in [9.17, 15) is 19.2 Å². The zero-order chi connectivity index (χ0) is 32.3. The molecule has 3 aliphatic heterocycles. The lowest BCUT2D eigenvalue weighted by atomic mass is 9.85. The van der Waals surface area contributed by atoms with Crippen LogP contribution in [0.3, 0.4) is 0 Å². The number of cyclic esters (lactones) is 1. The van der Waals surface area contributed by atoms with Crippen LogP contribution in [0.1, 0.15) is 81.7 Å². The first kappa shape index (κ1) is 30.9. The predicted molar refractivity (Wildman–Crippen MR) is 168 cm³/mol. The molecule has 0 spiro atoms. The molecule has 234 valence electrons. The number of hydrogen-bond donors (Lipinski definition) is 0. The van der Waals surface area contributed by atoms with Crippen LogP contribution < -0.4 is 5.56 Å². The molecule has 2 radical (unpaired) electrons. The van der Waals surface area contributed by atoms with E-state index in [1.165, 1.54) is 0 Å². The van der Waals surface area contributed by atoms with E-state index in [4.69, 9.17) is 27.0 Å². The van der Waals surface area contributed by atoms with Gasteiger partial charge in [0.1, 0.15) is 12.2 Å². The van der Waals surface area contributed by atoms with Gasteiger partial charge in [-0.25, -0.2) is 14.6 Å². The quantitative estimate of drug-likeness (QED) is 0.184. The van der Waals surface area contributed by atoms with E-state index >= 15 is 0 Å². The highest BCUT2D eigenvalue weighted by molar-refractivity contribution is 6.08. The summed E-state index contributed by atoms with van der Waals surface area (Å²) in [5, 5.41) is 1.01. The van der Waals surface area contributed by atoms with Crippen molar-refractivity contribution in [1.82, 2.24) is 14.5 Å². The van der Waals surface area contributed by atoms with Crippen molar-refractivity contribution >= 4 is 36.8 Å². The summed E-state index contributed by atoms with van der Waals surface area (Å²) in [6, 6.07) is 7.74. The third-order valence-electron chi connectivity index (χ3n) is 9.18. The van der Waals surface area contributed by atoms with Crippen LogP contribution in [0, 0.1) is 5.92 Å². The van der Waals surface area contributed by atoms with Gasteiger partial charge in [-0.1, -0.05) is 37.9 Å². The van der Waals surface area contributed by atoms with Gasteiger partial charge in [0.05, 0.1) is 42.8 Å². The number of nitrogens with zero attached hydrogens (tertiary/aromatic N) is 3. The van der Waals surface area contributed by atoms with Gasteiger partial charge < -0.3 is 23.7 Å². The first-order valence-corrected chi connectivity index (χ1v) is 15.7. The minimum atomic E-state index is -1.77. The van der Waals surface area contributed by atoms with Gasteiger partial charge in [0.15, 0.2) is 0 Å². The molecule has 3 aromatic rings. The third-order valence-corrected chi connectivity index (χ3v) is 9.18. The minimum Gasteiger partial charge on any atom is -0.457 e. The Bertz CT molecular complexity index is 1790. The Kier molecular flexibility index (Phi) is 7.77. The van der Waals surface area contributed by atoms with Crippen molar-refractivity contribution in [3.63, 3.8) is 0 Å². The van der Waals surface area contributed by atoms with Crippen LogP contribution in [0.4, 0.5) is 4.79 Å². The zero-order valence-electron chi connectivity index (χ0n) is 26.5. The molecule has 2 aromatic heterocycles. The first-order chi connectivity index (χ1) is 21.4. The fourth-order valence-corrected chi connectivity index (χ4v) is 6.78. The summed E-state index contributed by atoms with van der Waals surface area (Å²) in [4.78, 5) is 60.2. The number of esters is 2. The molecule has 0 saturated carbocycles. The summed E-state index contributed by atoms with van der Waals surface area (Å²) < 4.78 is 18.8. The number of hydrogen-bond acceptors (Lipinski definition) is 8. The van der Waals surface area contributed by atoms with Gasteiger partial charge in [-0.05, 0) is 64.2 Å². The Hall–Kier alpha value is -4.15. The first-order valence-electron chi connectivity index (χ1n) is 15.7. The van der Waals surface area contributed by atoms with Crippen molar-refractivity contribution < 1.29 is 28.6 Å². The molecule has 1 saturated heterocycles. The van der Waals surface area contributed by atoms with E-state index in [2.05, 4.69) is 13.0 Å². The molecule has 0 bridgehead atoms. The summed E-state index contributed by atoms with van der Waals surface area (Å²) in [6.45, 7) is 10.0. The largest absolute Gasteiger partial charge is 0.457 e. The Morgan fingerprint density at radius 2 is 1.84 bits per heavy atom. The molecular formula is C34H38BN3O7. The molecule has 3 aliphatic rings. The lowest BCUT2D eigenvalue weighted by Gasteiger charge is -2.38. The van der Waals surface area contributed by atoms with Crippen LogP contribution in [0.15, 0.2) is 29.1 Å². The summed E-state index contributed by atoms with van der Waals surface area (Å²) in [5.74, 6) is -1.78. The van der Waals surface area contributed by atoms with Crippen molar-refractivity contribution in [1.29, 1.82) is 0 Å². The van der Waals surface area contributed by atoms with Gasteiger partial charge in [0, 0.05) is 29.6 Å². The number of carbonyl (C=O) groups excluding carboxylic acids is 3. The monoisotopic (exact) mass is 611 g/mol. The smallest absolute Gasteiger partial charge is 0.410 e. The van der Waals surface area contributed by atoms with Gasteiger partial charge in [0.2, 0.25) is 5.60 Å². The molecule has 6 rings (SSSR count). The number of ether oxygens (including phenoxy) is 3. The van der Waals surface area contributed by atoms with Gasteiger partial charge in [0.25, 0.3) is 5.56 Å². The van der Waals surface area contributed by atoms with Crippen LogP contribution in [0.5, 0.6) is 0 Å². The second kappa shape index (κ2) is 11.3. The summed E-state index contributed by atoms with van der Waals surface area (Å²) >= 11 is 0. The Morgan fingerprint density at radius 1 is 1.11 bits per heavy atom. The summed E-state index contributed by atoms with van der Waals surface area (Å²) in [6.07, 6.45) is 1.54. The number of aryl methyl sites for hydroxylation is 1. The maximum Gasteiger partial charge on any atom is 0.410 e. The summed E-state index contributed by atoms with van der Waals surface area (Å²) in [5.41, 5.74) is 3.10. The van der Waals surface area contributed by atoms with E-state index in [-0.39, 0.29) is 18.6 Å². The van der Waals surface area contributed by atoms with E-state index in [1.807, 2.05) is 12.1 Å². The lowest BCUT2D eigenvalue weighted by molar-refractivity contribution is -0.192. The van der Waals surface area contributed by atoms with E-state index in [0.29, 0.717) is 61.3 Å². The van der Waals surface area contributed by atoms with Gasteiger partial charge >= 0.3 is 18.0 Å². The SMILES string of the molecule is [B]Cc1ccc2nc3c(c(CC)c2c1)Cn1c-3cc2c(c1=O)COC(=O)C2(CC)OC(=O)C1CCN(C(=O)OC(C)(C)C)CC1. The lowest BCUT2D eigenvalue weighted by Crippen LogP contribution is -2.49. The van der Waals surface area contributed by atoms with E-state index in [1.54, 1.807) is 43.2 Å². The number of pyridine rings is 2. The number of likely N-dealkylation sites (tertiary alicyclic amines) is 1. The second-order valence-electron chi connectivity index (χ2n) is 13.1. The van der Waals surface area contributed by atoms with E-state index in [0.717, 1.165) is 34.0 Å². The minimum absolute atomic E-state index is 0.0876. The molecule has 1 fully saturated rings. The van der Waals surface area contributed by atoms with Crippen molar-refractivity contribution in [2.75, 3.05) is 13.1 Å². The fraction of sp³-hybridized carbons (Fsp3) is 0.500. The topological polar surface area (TPSA) is 117 Å². The number of fused-ring (bicyclic) bond motifs is 5. The number of aromatic nitrogens is 2. The zero-order valence-corrected chi connectivity index (χ0v) is 26.5. The molecule has 1 atom stereocenters. The van der Waals surface area contributed by atoms with Gasteiger partial charge in [-0.2, -0.15) is 0 Å². The number of amides is 1. The van der Waals surface area contributed by atoms with E-state index < -0.39 is 35.2 Å². The second-order valence-corrected chi connectivity index (χ2v) is 13.1. The maximum absolute atomic E-state index is 14.0.